The lowest BCUT2D eigenvalue weighted by Crippen LogP contribution is -2.07. The molecular weight excluding hydrogens is 324 g/mol. The maximum absolute atomic E-state index is 12.8. The summed E-state index contributed by atoms with van der Waals surface area (Å²) in [7, 11) is 1.50. The van der Waals surface area contributed by atoms with Crippen LogP contribution in [0.2, 0.25) is 0 Å². The van der Waals surface area contributed by atoms with Crippen molar-refractivity contribution in [1.29, 1.82) is 0 Å². The van der Waals surface area contributed by atoms with Crippen LogP contribution in [0.5, 0.6) is 17.2 Å². The van der Waals surface area contributed by atoms with Gasteiger partial charge in [-0.25, -0.2) is 0 Å². The summed E-state index contributed by atoms with van der Waals surface area (Å²) in [6, 6.07) is 11.1. The van der Waals surface area contributed by atoms with Crippen molar-refractivity contribution in [1.82, 2.24) is 0 Å². The number of aliphatic carboxylic acids is 1. The van der Waals surface area contributed by atoms with Gasteiger partial charge in [-0.15, -0.1) is 0 Å². The number of ether oxygens (including phenoxy) is 2. The van der Waals surface area contributed by atoms with Gasteiger partial charge >= 0.3 is 5.97 Å². The predicted octanol–water partition coefficient (Wildman–Crippen LogP) is 3.27. The third kappa shape index (κ3) is 4.97. The number of ketones is 1. The number of aromatic hydroxyl groups is 1. The number of carboxylic acids is 1. The molecule has 0 aliphatic heterocycles. The smallest absolute Gasteiger partial charge is 0.303 e. The van der Waals surface area contributed by atoms with Gasteiger partial charge in [-0.3, -0.25) is 9.59 Å². The maximum Gasteiger partial charge on any atom is 0.303 e. The second kappa shape index (κ2) is 8.73. The lowest BCUT2D eigenvalue weighted by Gasteiger charge is -2.13. The van der Waals surface area contributed by atoms with Gasteiger partial charge < -0.3 is 19.7 Å². The molecule has 2 N–H and O–H groups in total. The molecule has 0 radical (unpaired) electrons. The third-order valence-electron chi connectivity index (χ3n) is 3.62. The number of benzene rings is 2. The standard InChI is InChI=1S/C19H20O6/c1-24-13-9-10-17(25-11-5-4-8-18(21)22)15(12-13)19(23)14-6-2-3-7-16(14)20/h2-3,6-7,9-10,12,20H,4-5,8,11H2,1H3,(H,21,22). The molecule has 0 bridgehead atoms. The molecule has 0 heterocycles. The van der Waals surface area contributed by atoms with E-state index in [0.717, 1.165) is 0 Å². The lowest BCUT2D eigenvalue weighted by molar-refractivity contribution is -0.137. The van der Waals surface area contributed by atoms with Crippen molar-refractivity contribution in [2.75, 3.05) is 13.7 Å². The second-order valence-corrected chi connectivity index (χ2v) is 5.41. The fraction of sp³-hybridized carbons (Fsp3) is 0.263. The van der Waals surface area contributed by atoms with Crippen molar-refractivity contribution < 1.29 is 29.3 Å². The number of carboxylic acid groups (broad SMARTS) is 1. The Kier molecular flexibility index (Phi) is 6.39. The van der Waals surface area contributed by atoms with E-state index in [0.29, 0.717) is 30.9 Å². The number of methoxy groups -OCH3 is 1. The van der Waals surface area contributed by atoms with E-state index in [1.54, 1.807) is 30.3 Å². The normalized spacial score (nSPS) is 10.3. The Labute approximate surface area is 145 Å². The topological polar surface area (TPSA) is 93.1 Å². The first-order valence-electron chi connectivity index (χ1n) is 7.88. The third-order valence-corrected chi connectivity index (χ3v) is 3.62. The zero-order valence-corrected chi connectivity index (χ0v) is 13.9. The molecule has 2 aromatic rings. The number of carbonyl (C=O) groups is 2. The van der Waals surface area contributed by atoms with Gasteiger partial charge in [-0.1, -0.05) is 12.1 Å². The Morgan fingerprint density at radius 1 is 1.04 bits per heavy atom. The van der Waals surface area contributed by atoms with Gasteiger partial charge in [0.15, 0.2) is 0 Å². The van der Waals surface area contributed by atoms with Crippen LogP contribution in [-0.2, 0) is 4.79 Å². The zero-order valence-electron chi connectivity index (χ0n) is 13.9. The molecule has 0 saturated carbocycles. The molecule has 132 valence electrons. The summed E-state index contributed by atoms with van der Waals surface area (Å²) in [4.78, 5) is 23.3. The van der Waals surface area contributed by atoms with Crippen LogP contribution >= 0.6 is 0 Å². The van der Waals surface area contributed by atoms with Gasteiger partial charge in [0.05, 0.1) is 24.8 Å². The summed E-state index contributed by atoms with van der Waals surface area (Å²) in [5.41, 5.74) is 0.450. The van der Waals surface area contributed by atoms with E-state index in [-0.39, 0.29) is 29.1 Å². The van der Waals surface area contributed by atoms with Crippen molar-refractivity contribution in [2.45, 2.75) is 19.3 Å². The van der Waals surface area contributed by atoms with Crippen LogP contribution in [0.3, 0.4) is 0 Å². The van der Waals surface area contributed by atoms with E-state index in [2.05, 4.69) is 0 Å². The predicted molar refractivity (Wildman–Crippen MR) is 91.5 cm³/mol. The summed E-state index contributed by atoms with van der Waals surface area (Å²) in [6.07, 6.45) is 1.13. The maximum atomic E-state index is 12.8. The Morgan fingerprint density at radius 3 is 2.48 bits per heavy atom. The molecule has 0 fully saturated rings. The van der Waals surface area contributed by atoms with Crippen LogP contribution in [0.4, 0.5) is 0 Å². The zero-order chi connectivity index (χ0) is 18.2. The van der Waals surface area contributed by atoms with Crippen molar-refractivity contribution >= 4 is 11.8 Å². The van der Waals surface area contributed by atoms with Crippen molar-refractivity contribution in [2.24, 2.45) is 0 Å². The van der Waals surface area contributed by atoms with E-state index in [1.807, 2.05) is 0 Å². The highest BCUT2D eigenvalue weighted by atomic mass is 16.5. The number of carbonyl (C=O) groups excluding carboxylic acids is 1. The summed E-state index contributed by atoms with van der Waals surface area (Å²) in [6.45, 7) is 0.292. The van der Waals surface area contributed by atoms with E-state index in [9.17, 15) is 14.7 Å². The molecule has 25 heavy (non-hydrogen) atoms. The molecule has 6 nitrogen and oxygen atoms in total. The van der Waals surface area contributed by atoms with Crippen LogP contribution in [0.1, 0.15) is 35.2 Å². The van der Waals surface area contributed by atoms with Crippen LogP contribution < -0.4 is 9.47 Å². The molecule has 2 aromatic carbocycles. The molecule has 0 aliphatic rings. The molecule has 0 saturated heterocycles. The van der Waals surface area contributed by atoms with Crippen LogP contribution in [-0.4, -0.2) is 35.7 Å². The van der Waals surface area contributed by atoms with Crippen LogP contribution in [0.25, 0.3) is 0 Å². The molecular formula is C19H20O6. The highest BCUT2D eigenvalue weighted by molar-refractivity contribution is 6.12. The van der Waals surface area contributed by atoms with Gasteiger partial charge in [0.25, 0.3) is 0 Å². The van der Waals surface area contributed by atoms with E-state index in [4.69, 9.17) is 14.6 Å². The number of rotatable bonds is 9. The van der Waals surface area contributed by atoms with E-state index >= 15 is 0 Å². The fourth-order valence-corrected chi connectivity index (χ4v) is 2.31. The molecule has 0 unspecified atom stereocenters. The molecule has 0 amide bonds. The number of unbranched alkanes of at least 4 members (excludes halogenated alkanes) is 1. The first-order valence-corrected chi connectivity index (χ1v) is 7.88. The van der Waals surface area contributed by atoms with Gasteiger partial charge in [-0.05, 0) is 43.2 Å². The second-order valence-electron chi connectivity index (χ2n) is 5.41. The Hall–Kier alpha value is -3.02. The summed E-state index contributed by atoms with van der Waals surface area (Å²) in [5.74, 6) is -0.471. The SMILES string of the molecule is COc1ccc(OCCCCC(=O)O)c(C(=O)c2ccccc2O)c1. The van der Waals surface area contributed by atoms with Gasteiger partial charge in [0.1, 0.15) is 17.2 Å². The van der Waals surface area contributed by atoms with Crippen LogP contribution in [0.15, 0.2) is 42.5 Å². The Bertz CT molecular complexity index is 753. The molecule has 6 heteroatoms. The number of phenols is 1. The highest BCUT2D eigenvalue weighted by Gasteiger charge is 2.18. The van der Waals surface area contributed by atoms with Gasteiger partial charge in [0.2, 0.25) is 5.78 Å². The highest BCUT2D eigenvalue weighted by Crippen LogP contribution is 2.29. The fourth-order valence-electron chi connectivity index (χ4n) is 2.31. The number of phenolic OH excluding ortho intramolecular Hbond substituents is 1. The summed E-state index contributed by atoms with van der Waals surface area (Å²) in [5, 5.41) is 18.5. The summed E-state index contributed by atoms with van der Waals surface area (Å²) >= 11 is 0. The van der Waals surface area contributed by atoms with Gasteiger partial charge in [-0.2, -0.15) is 0 Å². The minimum atomic E-state index is -0.847. The van der Waals surface area contributed by atoms with Crippen molar-refractivity contribution in [3.8, 4) is 17.2 Å². The van der Waals surface area contributed by atoms with E-state index in [1.165, 1.54) is 19.2 Å². The van der Waals surface area contributed by atoms with E-state index < -0.39 is 5.97 Å². The quantitative estimate of drug-likeness (QED) is 0.536. The van der Waals surface area contributed by atoms with Crippen LogP contribution in [0, 0.1) is 0 Å². The molecule has 0 atom stereocenters. The summed E-state index contributed by atoms with van der Waals surface area (Å²) < 4.78 is 10.8. The molecule has 2 rings (SSSR count). The minimum absolute atomic E-state index is 0.0790. The molecule has 0 aromatic heterocycles. The average molecular weight is 344 g/mol. The number of hydrogen-bond donors (Lipinski definition) is 2. The number of para-hydroxylation sites is 1. The van der Waals surface area contributed by atoms with Gasteiger partial charge in [0, 0.05) is 6.42 Å². The first kappa shape index (κ1) is 18.3. The van der Waals surface area contributed by atoms with Crippen molar-refractivity contribution in [3.63, 3.8) is 0 Å². The average Bonchev–Trinajstić information content (AvgIpc) is 2.61. The number of hydrogen-bond acceptors (Lipinski definition) is 5. The minimum Gasteiger partial charge on any atom is -0.507 e. The Balaban J connectivity index is 2.19. The lowest BCUT2D eigenvalue weighted by atomic mass is 10.0. The monoisotopic (exact) mass is 344 g/mol. The van der Waals surface area contributed by atoms with Crippen molar-refractivity contribution in [3.05, 3.63) is 53.6 Å². The first-order chi connectivity index (χ1) is 12.0. The molecule has 0 aliphatic carbocycles. The largest absolute Gasteiger partial charge is 0.507 e. The molecule has 0 spiro atoms. The Morgan fingerprint density at radius 2 is 1.80 bits per heavy atom.